The van der Waals surface area contributed by atoms with Crippen molar-refractivity contribution < 1.29 is 0 Å². The van der Waals surface area contributed by atoms with Gasteiger partial charge >= 0.3 is 0 Å². The lowest BCUT2D eigenvalue weighted by Crippen LogP contribution is -2.39. The van der Waals surface area contributed by atoms with E-state index in [2.05, 4.69) is 41.0 Å². The van der Waals surface area contributed by atoms with Crippen molar-refractivity contribution in [1.29, 1.82) is 0 Å². The van der Waals surface area contributed by atoms with Gasteiger partial charge in [0, 0.05) is 19.6 Å². The fraction of sp³-hybridized carbons (Fsp3) is 0.733. The molecule has 0 radical (unpaired) electrons. The maximum Gasteiger partial charge on any atom is 0.224 e. The zero-order valence-corrected chi connectivity index (χ0v) is 13.5. The van der Waals surface area contributed by atoms with Crippen LogP contribution in [0.15, 0.2) is 6.20 Å². The van der Waals surface area contributed by atoms with Gasteiger partial charge in [0.2, 0.25) is 5.95 Å². The van der Waals surface area contributed by atoms with Crippen LogP contribution in [-0.4, -0.2) is 29.6 Å². The number of anilines is 2. The molecule has 0 aliphatic carbocycles. The van der Waals surface area contributed by atoms with Gasteiger partial charge in [0.15, 0.2) is 5.82 Å². The van der Waals surface area contributed by atoms with E-state index in [-0.39, 0.29) is 0 Å². The normalized spacial score (nSPS) is 18.1. The Bertz CT molecular complexity index is 441. The Kier molecular flexibility index (Phi) is 5.08. The second-order valence-electron chi connectivity index (χ2n) is 5.94. The summed E-state index contributed by atoms with van der Waals surface area (Å²) in [4.78, 5) is 11.1. The zero-order valence-electron chi connectivity index (χ0n) is 12.7. The number of nitrogens with one attached hydrogen (secondary N) is 1. The van der Waals surface area contributed by atoms with Gasteiger partial charge in [-0.25, -0.2) is 4.98 Å². The molecule has 20 heavy (non-hydrogen) atoms. The Morgan fingerprint density at radius 1 is 1.35 bits per heavy atom. The van der Waals surface area contributed by atoms with E-state index < -0.39 is 0 Å². The first-order valence-electron chi connectivity index (χ1n) is 7.59. The predicted octanol–water partition coefficient (Wildman–Crippen LogP) is 3.97. The molecule has 0 aromatic carbocycles. The quantitative estimate of drug-likeness (QED) is 0.892. The van der Waals surface area contributed by atoms with Crippen molar-refractivity contribution in [2.45, 2.75) is 46.5 Å². The summed E-state index contributed by atoms with van der Waals surface area (Å²) >= 11 is 6.27. The van der Waals surface area contributed by atoms with E-state index in [0.717, 1.165) is 31.9 Å². The largest absolute Gasteiger partial charge is 0.355 e. The summed E-state index contributed by atoms with van der Waals surface area (Å²) in [6, 6.07) is 0. The van der Waals surface area contributed by atoms with E-state index in [1.807, 2.05) is 0 Å². The maximum atomic E-state index is 6.27. The highest BCUT2D eigenvalue weighted by Gasteiger charge is 2.29. The minimum atomic E-state index is 0.472. The fourth-order valence-electron chi connectivity index (χ4n) is 2.51. The van der Waals surface area contributed by atoms with Crippen molar-refractivity contribution in [1.82, 2.24) is 9.97 Å². The Labute approximate surface area is 126 Å². The summed E-state index contributed by atoms with van der Waals surface area (Å²) in [5.74, 6) is 1.55. The van der Waals surface area contributed by atoms with E-state index in [9.17, 15) is 0 Å². The van der Waals surface area contributed by atoms with Gasteiger partial charge in [0.25, 0.3) is 0 Å². The molecule has 2 rings (SSSR count). The minimum absolute atomic E-state index is 0.472. The number of hydrogen-bond acceptors (Lipinski definition) is 4. The molecule has 5 heteroatoms. The van der Waals surface area contributed by atoms with Gasteiger partial charge in [-0.1, -0.05) is 38.8 Å². The van der Waals surface area contributed by atoms with Gasteiger partial charge in [-0.05, 0) is 24.7 Å². The minimum Gasteiger partial charge on any atom is -0.355 e. The number of hydrogen-bond donors (Lipinski definition) is 1. The lowest BCUT2D eigenvalue weighted by molar-refractivity contribution is 0.238. The predicted molar refractivity (Wildman–Crippen MR) is 85.7 cm³/mol. The molecule has 112 valence electrons. The van der Waals surface area contributed by atoms with Gasteiger partial charge < -0.3 is 10.2 Å². The lowest BCUT2D eigenvalue weighted by Gasteiger charge is -2.39. The molecule has 4 nitrogen and oxygen atoms in total. The highest BCUT2D eigenvalue weighted by Crippen LogP contribution is 2.36. The SMILES string of the molecule is CCCNc1ncc(Cl)c(N2CCC(C)(CC)CC2)n1. The maximum absolute atomic E-state index is 6.27. The molecule has 1 aromatic heterocycles. The van der Waals surface area contributed by atoms with Crippen LogP contribution in [0.25, 0.3) is 0 Å². The van der Waals surface area contributed by atoms with Crippen molar-refractivity contribution in [2.75, 3.05) is 29.9 Å². The fourth-order valence-corrected chi connectivity index (χ4v) is 2.72. The van der Waals surface area contributed by atoms with Crippen molar-refractivity contribution in [3.63, 3.8) is 0 Å². The summed E-state index contributed by atoms with van der Waals surface area (Å²) < 4.78 is 0. The average Bonchev–Trinajstić information content (AvgIpc) is 2.47. The van der Waals surface area contributed by atoms with Crippen LogP contribution in [0.2, 0.25) is 5.02 Å². The van der Waals surface area contributed by atoms with Crippen LogP contribution in [0, 0.1) is 5.41 Å². The average molecular weight is 297 g/mol. The van der Waals surface area contributed by atoms with Gasteiger partial charge in [0.1, 0.15) is 5.02 Å². The molecular formula is C15H25ClN4. The van der Waals surface area contributed by atoms with Gasteiger partial charge in [-0.15, -0.1) is 0 Å². The van der Waals surface area contributed by atoms with Crippen LogP contribution < -0.4 is 10.2 Å². The molecule has 0 bridgehead atoms. The molecule has 2 heterocycles. The molecule has 0 atom stereocenters. The Morgan fingerprint density at radius 2 is 2.05 bits per heavy atom. The first-order chi connectivity index (χ1) is 9.58. The lowest BCUT2D eigenvalue weighted by atomic mass is 9.78. The first kappa shape index (κ1) is 15.4. The van der Waals surface area contributed by atoms with Crippen LogP contribution >= 0.6 is 11.6 Å². The third-order valence-electron chi connectivity index (χ3n) is 4.38. The van der Waals surface area contributed by atoms with Crippen LogP contribution in [0.4, 0.5) is 11.8 Å². The van der Waals surface area contributed by atoms with E-state index in [0.29, 0.717) is 16.4 Å². The number of rotatable bonds is 5. The molecule has 1 saturated heterocycles. The smallest absolute Gasteiger partial charge is 0.224 e. The highest BCUT2D eigenvalue weighted by molar-refractivity contribution is 6.32. The third kappa shape index (κ3) is 3.54. The van der Waals surface area contributed by atoms with Crippen molar-refractivity contribution >= 4 is 23.4 Å². The Hall–Kier alpha value is -1.03. The van der Waals surface area contributed by atoms with Crippen LogP contribution in [0.3, 0.4) is 0 Å². The van der Waals surface area contributed by atoms with Crippen LogP contribution in [-0.2, 0) is 0 Å². The van der Waals surface area contributed by atoms with Crippen molar-refractivity contribution in [2.24, 2.45) is 5.41 Å². The Balaban J connectivity index is 2.08. The summed E-state index contributed by atoms with van der Waals surface area (Å²) in [6.07, 6.45) is 6.39. The molecule has 1 aromatic rings. The number of halogens is 1. The number of aromatic nitrogens is 2. The molecule has 0 saturated carbocycles. The molecule has 1 N–H and O–H groups in total. The number of nitrogens with zero attached hydrogens (tertiary/aromatic N) is 3. The molecule has 0 amide bonds. The van der Waals surface area contributed by atoms with Crippen molar-refractivity contribution in [3.05, 3.63) is 11.2 Å². The zero-order chi connectivity index (χ0) is 14.6. The van der Waals surface area contributed by atoms with E-state index in [4.69, 9.17) is 11.6 Å². The topological polar surface area (TPSA) is 41.1 Å². The molecule has 1 aliphatic rings. The summed E-state index contributed by atoms with van der Waals surface area (Å²) in [7, 11) is 0. The van der Waals surface area contributed by atoms with Crippen molar-refractivity contribution in [3.8, 4) is 0 Å². The first-order valence-corrected chi connectivity index (χ1v) is 7.97. The van der Waals surface area contributed by atoms with Gasteiger partial charge in [-0.2, -0.15) is 4.98 Å². The van der Waals surface area contributed by atoms with Gasteiger partial charge in [0.05, 0.1) is 6.20 Å². The standard InChI is InChI=1S/C15H25ClN4/c1-4-8-17-14-18-11-12(16)13(19-14)20-9-6-15(3,5-2)7-10-20/h11H,4-10H2,1-3H3,(H,17,18,19). The van der Waals surface area contributed by atoms with Gasteiger partial charge in [-0.3, -0.25) is 0 Å². The number of piperidine rings is 1. The van der Waals surface area contributed by atoms with Crippen LogP contribution in [0.5, 0.6) is 0 Å². The van der Waals surface area contributed by atoms with E-state index in [1.165, 1.54) is 19.3 Å². The summed E-state index contributed by atoms with van der Waals surface area (Å²) in [6.45, 7) is 9.71. The summed E-state index contributed by atoms with van der Waals surface area (Å²) in [5, 5.41) is 3.87. The highest BCUT2D eigenvalue weighted by atomic mass is 35.5. The third-order valence-corrected chi connectivity index (χ3v) is 4.65. The molecular weight excluding hydrogens is 272 g/mol. The van der Waals surface area contributed by atoms with E-state index >= 15 is 0 Å². The molecule has 0 unspecified atom stereocenters. The molecule has 1 aliphatic heterocycles. The summed E-state index contributed by atoms with van der Waals surface area (Å²) in [5.41, 5.74) is 0.472. The molecule has 1 fully saturated rings. The van der Waals surface area contributed by atoms with E-state index in [1.54, 1.807) is 6.20 Å². The van der Waals surface area contributed by atoms with Crippen LogP contribution in [0.1, 0.15) is 46.5 Å². The second-order valence-corrected chi connectivity index (χ2v) is 6.35. The molecule has 0 spiro atoms. The second kappa shape index (κ2) is 6.61. The monoisotopic (exact) mass is 296 g/mol. The Morgan fingerprint density at radius 3 is 2.65 bits per heavy atom.